The highest BCUT2D eigenvalue weighted by molar-refractivity contribution is 5.90. The predicted octanol–water partition coefficient (Wildman–Crippen LogP) is 1.38. The second-order valence-corrected chi connectivity index (χ2v) is 6.21. The molecule has 0 saturated carbocycles. The van der Waals surface area contributed by atoms with Crippen LogP contribution in [0, 0.1) is 5.92 Å². The van der Waals surface area contributed by atoms with Gasteiger partial charge in [0.2, 0.25) is 11.8 Å². The molecule has 0 radical (unpaired) electrons. The zero-order valence-electron chi connectivity index (χ0n) is 15.7. The number of ether oxygens (including phenoxy) is 3. The van der Waals surface area contributed by atoms with E-state index in [2.05, 4.69) is 5.32 Å². The summed E-state index contributed by atoms with van der Waals surface area (Å²) in [4.78, 5) is 27.1. The molecule has 1 aliphatic rings. The molecule has 1 saturated heterocycles. The van der Waals surface area contributed by atoms with Crippen molar-refractivity contribution in [3.63, 3.8) is 0 Å². The Bertz CT molecular complexity index is 607. The topological polar surface area (TPSA) is 77.1 Å². The Balaban J connectivity index is 2.24. The van der Waals surface area contributed by atoms with Gasteiger partial charge in [-0.2, -0.15) is 0 Å². The van der Waals surface area contributed by atoms with E-state index in [0.717, 1.165) is 12.0 Å². The van der Waals surface area contributed by atoms with Gasteiger partial charge in [0, 0.05) is 45.9 Å². The van der Waals surface area contributed by atoms with Crippen LogP contribution in [0.2, 0.25) is 0 Å². The summed E-state index contributed by atoms with van der Waals surface area (Å²) in [7, 11) is 4.82. The van der Waals surface area contributed by atoms with Gasteiger partial charge in [-0.15, -0.1) is 0 Å². The highest BCUT2D eigenvalue weighted by atomic mass is 16.5. The van der Waals surface area contributed by atoms with Crippen LogP contribution in [-0.2, 0) is 19.1 Å². The maximum Gasteiger partial charge on any atom is 0.226 e. The van der Waals surface area contributed by atoms with Crippen molar-refractivity contribution in [2.45, 2.75) is 18.9 Å². The molecular weight excluding hydrogens is 336 g/mol. The molecule has 2 rings (SSSR count). The lowest BCUT2D eigenvalue weighted by atomic mass is 9.92. The van der Waals surface area contributed by atoms with Crippen molar-refractivity contribution in [1.29, 1.82) is 0 Å². The lowest BCUT2D eigenvalue weighted by Crippen LogP contribution is -2.37. The van der Waals surface area contributed by atoms with Gasteiger partial charge >= 0.3 is 0 Å². The lowest BCUT2D eigenvalue weighted by molar-refractivity contribution is -0.129. The molecule has 26 heavy (non-hydrogen) atoms. The third-order valence-corrected chi connectivity index (χ3v) is 4.59. The molecule has 144 valence electrons. The molecule has 0 spiro atoms. The molecule has 0 unspecified atom stereocenters. The molecule has 2 atom stereocenters. The van der Waals surface area contributed by atoms with E-state index in [9.17, 15) is 9.59 Å². The zero-order chi connectivity index (χ0) is 18.9. The third-order valence-electron chi connectivity index (χ3n) is 4.59. The number of likely N-dealkylation sites (tertiary alicyclic amines) is 1. The fraction of sp³-hybridized carbons (Fsp3) is 0.579. The van der Waals surface area contributed by atoms with Crippen molar-refractivity contribution in [1.82, 2.24) is 10.2 Å². The van der Waals surface area contributed by atoms with Gasteiger partial charge in [0.1, 0.15) is 5.75 Å². The van der Waals surface area contributed by atoms with Crippen LogP contribution in [0.25, 0.3) is 0 Å². The molecule has 1 aliphatic heterocycles. The SMILES string of the molecule is COCCCNC(=O)[C@@H]1CC(=O)N(CCOC)[C@H]1c1ccccc1OC. The first kappa shape index (κ1) is 20.2. The number of rotatable bonds is 10. The van der Waals surface area contributed by atoms with E-state index in [1.165, 1.54) is 0 Å². The minimum atomic E-state index is -0.460. The summed E-state index contributed by atoms with van der Waals surface area (Å²) in [5.74, 6) is 0.0466. The summed E-state index contributed by atoms with van der Waals surface area (Å²) < 4.78 is 15.6. The molecule has 7 heteroatoms. The van der Waals surface area contributed by atoms with Gasteiger partial charge in [0.25, 0.3) is 0 Å². The van der Waals surface area contributed by atoms with Crippen molar-refractivity contribution < 1.29 is 23.8 Å². The fourth-order valence-corrected chi connectivity index (χ4v) is 3.33. The van der Waals surface area contributed by atoms with E-state index >= 15 is 0 Å². The lowest BCUT2D eigenvalue weighted by Gasteiger charge is -2.29. The van der Waals surface area contributed by atoms with Gasteiger partial charge in [0.05, 0.1) is 25.7 Å². The molecular formula is C19H28N2O5. The first-order valence-corrected chi connectivity index (χ1v) is 8.82. The fourth-order valence-electron chi connectivity index (χ4n) is 3.33. The van der Waals surface area contributed by atoms with Gasteiger partial charge in [-0.05, 0) is 12.5 Å². The second kappa shape index (κ2) is 10.1. The number of hydrogen-bond donors (Lipinski definition) is 1. The molecule has 1 aromatic rings. The Morgan fingerprint density at radius 3 is 2.62 bits per heavy atom. The number of nitrogens with zero attached hydrogens (tertiary/aromatic N) is 1. The van der Waals surface area contributed by atoms with Crippen LogP contribution >= 0.6 is 0 Å². The number of carbonyl (C=O) groups is 2. The Morgan fingerprint density at radius 2 is 1.92 bits per heavy atom. The minimum Gasteiger partial charge on any atom is -0.496 e. The number of carbonyl (C=O) groups excluding carboxylic acids is 2. The van der Waals surface area contributed by atoms with Gasteiger partial charge in [0.15, 0.2) is 0 Å². The maximum absolute atomic E-state index is 12.8. The van der Waals surface area contributed by atoms with Crippen molar-refractivity contribution in [3.8, 4) is 5.75 Å². The van der Waals surface area contributed by atoms with Crippen LogP contribution in [0.15, 0.2) is 24.3 Å². The molecule has 1 heterocycles. The van der Waals surface area contributed by atoms with E-state index in [-0.39, 0.29) is 24.3 Å². The number of hydrogen-bond acceptors (Lipinski definition) is 5. The number of para-hydroxylation sites is 1. The highest BCUT2D eigenvalue weighted by Gasteiger charge is 2.45. The van der Waals surface area contributed by atoms with Crippen molar-refractivity contribution in [2.75, 3.05) is 47.6 Å². The van der Waals surface area contributed by atoms with E-state index in [0.29, 0.717) is 32.1 Å². The summed E-state index contributed by atoms with van der Waals surface area (Å²) in [5, 5.41) is 2.92. The molecule has 0 aromatic heterocycles. The van der Waals surface area contributed by atoms with E-state index in [4.69, 9.17) is 14.2 Å². The third kappa shape index (κ3) is 4.74. The average molecular weight is 364 g/mol. The number of benzene rings is 1. The molecule has 1 fully saturated rings. The first-order valence-electron chi connectivity index (χ1n) is 8.82. The Labute approximate surface area is 154 Å². The van der Waals surface area contributed by atoms with Crippen molar-refractivity contribution >= 4 is 11.8 Å². The molecule has 0 aliphatic carbocycles. The average Bonchev–Trinajstić information content (AvgIpc) is 2.99. The van der Waals surface area contributed by atoms with Crippen LogP contribution < -0.4 is 10.1 Å². The Kier molecular flexibility index (Phi) is 7.87. The first-order chi connectivity index (χ1) is 12.6. The molecule has 7 nitrogen and oxygen atoms in total. The zero-order valence-corrected chi connectivity index (χ0v) is 15.7. The molecule has 1 aromatic carbocycles. The quantitative estimate of drug-likeness (QED) is 0.635. The number of methoxy groups -OCH3 is 3. The summed E-state index contributed by atoms with van der Waals surface area (Å²) in [5.41, 5.74) is 0.842. The van der Waals surface area contributed by atoms with Gasteiger partial charge in [-0.1, -0.05) is 18.2 Å². The van der Waals surface area contributed by atoms with Crippen LogP contribution in [0.3, 0.4) is 0 Å². The number of nitrogens with one attached hydrogen (secondary N) is 1. The van der Waals surface area contributed by atoms with Crippen LogP contribution in [0.5, 0.6) is 5.75 Å². The van der Waals surface area contributed by atoms with Gasteiger partial charge in [-0.25, -0.2) is 0 Å². The monoisotopic (exact) mass is 364 g/mol. The standard InChI is InChI=1S/C19H28N2O5/c1-24-11-6-9-20-19(23)15-13-17(22)21(10-12-25-2)18(15)14-7-4-5-8-16(14)26-3/h4-5,7-8,15,18H,6,9-13H2,1-3H3,(H,20,23)/t15-,18+/m1/s1. The van der Waals surface area contributed by atoms with Crippen LogP contribution in [0.4, 0.5) is 0 Å². The molecule has 1 N–H and O–H groups in total. The smallest absolute Gasteiger partial charge is 0.226 e. The Morgan fingerprint density at radius 1 is 1.19 bits per heavy atom. The van der Waals surface area contributed by atoms with Crippen molar-refractivity contribution in [3.05, 3.63) is 29.8 Å². The number of amides is 2. The summed E-state index contributed by atoms with van der Waals surface area (Å²) >= 11 is 0. The predicted molar refractivity (Wildman–Crippen MR) is 96.9 cm³/mol. The largest absolute Gasteiger partial charge is 0.496 e. The summed E-state index contributed by atoms with van der Waals surface area (Å²) in [6, 6.07) is 7.16. The second-order valence-electron chi connectivity index (χ2n) is 6.21. The van der Waals surface area contributed by atoms with Crippen LogP contribution in [0.1, 0.15) is 24.4 Å². The summed E-state index contributed by atoms with van der Waals surface area (Å²) in [6.07, 6.45) is 0.915. The highest BCUT2D eigenvalue weighted by Crippen LogP contribution is 2.41. The van der Waals surface area contributed by atoms with E-state index in [1.807, 2.05) is 24.3 Å². The van der Waals surface area contributed by atoms with Gasteiger partial charge < -0.3 is 24.4 Å². The molecule has 2 amide bonds. The molecule has 0 bridgehead atoms. The van der Waals surface area contributed by atoms with Gasteiger partial charge in [-0.3, -0.25) is 9.59 Å². The van der Waals surface area contributed by atoms with E-state index in [1.54, 1.807) is 26.2 Å². The van der Waals surface area contributed by atoms with Crippen LogP contribution in [-0.4, -0.2) is 64.3 Å². The van der Waals surface area contributed by atoms with E-state index < -0.39 is 5.92 Å². The maximum atomic E-state index is 12.8. The minimum absolute atomic E-state index is 0.0463. The Hall–Kier alpha value is -2.12. The van der Waals surface area contributed by atoms with Crippen molar-refractivity contribution in [2.24, 2.45) is 5.92 Å². The summed E-state index contributed by atoms with van der Waals surface area (Å²) in [6.45, 7) is 1.96. The normalized spacial score (nSPS) is 19.7.